The average molecular weight is 315 g/mol. The number of hydrogen-bond acceptors (Lipinski definition) is 3. The molecule has 0 radical (unpaired) electrons. The number of rotatable bonds is 15. The molecule has 0 spiro atoms. The van der Waals surface area contributed by atoms with Crippen LogP contribution in [0.2, 0.25) is 0 Å². The van der Waals surface area contributed by atoms with Crippen molar-refractivity contribution in [2.75, 3.05) is 6.61 Å². The van der Waals surface area contributed by atoms with Crippen LogP contribution < -0.4 is 0 Å². The van der Waals surface area contributed by atoms with Crippen molar-refractivity contribution in [3.05, 3.63) is 0 Å². The van der Waals surface area contributed by atoms with Crippen LogP contribution in [0.15, 0.2) is 0 Å². The third kappa shape index (κ3) is 17.5. The zero-order chi connectivity index (χ0) is 16.6. The molecule has 0 aliphatic carbocycles. The molecule has 0 saturated heterocycles. The first-order valence-corrected chi connectivity index (χ1v) is 9.36. The van der Waals surface area contributed by atoms with Gasteiger partial charge >= 0.3 is 5.97 Å². The first-order valence-electron chi connectivity index (χ1n) is 9.36. The van der Waals surface area contributed by atoms with Crippen LogP contribution in [0, 0.1) is 5.92 Å². The zero-order valence-corrected chi connectivity index (χ0v) is 15.1. The highest BCUT2D eigenvalue weighted by Gasteiger charge is 2.04. The first-order chi connectivity index (χ1) is 10.5. The summed E-state index contributed by atoms with van der Waals surface area (Å²) in [6.45, 7) is 6.34. The lowest BCUT2D eigenvalue weighted by atomic mass is 10.0. The van der Waals surface area contributed by atoms with E-state index in [2.05, 4.69) is 13.8 Å². The largest absolute Gasteiger partial charge is 0.463 e. The molecule has 1 N–H and O–H groups in total. The molecule has 0 fully saturated rings. The molecule has 0 aliphatic heterocycles. The van der Waals surface area contributed by atoms with Gasteiger partial charge in [-0.2, -0.15) is 0 Å². The third-order valence-corrected chi connectivity index (χ3v) is 3.90. The zero-order valence-electron chi connectivity index (χ0n) is 15.1. The van der Waals surface area contributed by atoms with E-state index in [-0.39, 0.29) is 12.6 Å². The minimum Gasteiger partial charge on any atom is -0.463 e. The van der Waals surface area contributed by atoms with E-state index in [0.717, 1.165) is 18.8 Å². The van der Waals surface area contributed by atoms with Gasteiger partial charge in [-0.25, -0.2) is 0 Å². The molecule has 22 heavy (non-hydrogen) atoms. The molecule has 0 aliphatic rings. The molecule has 1 unspecified atom stereocenters. The normalized spacial score (nSPS) is 12.6. The van der Waals surface area contributed by atoms with Gasteiger partial charge in [-0.05, 0) is 19.3 Å². The van der Waals surface area contributed by atoms with Crippen molar-refractivity contribution >= 4 is 5.97 Å². The van der Waals surface area contributed by atoms with Gasteiger partial charge in [0.2, 0.25) is 0 Å². The van der Waals surface area contributed by atoms with Gasteiger partial charge in [0.25, 0.3) is 0 Å². The Labute approximate surface area is 137 Å². The summed E-state index contributed by atoms with van der Waals surface area (Å²) in [6.07, 6.45) is 14.1. The molecular weight excluding hydrogens is 276 g/mol. The molecule has 1 atom stereocenters. The fourth-order valence-corrected chi connectivity index (χ4v) is 2.52. The first kappa shape index (κ1) is 21.4. The third-order valence-electron chi connectivity index (χ3n) is 3.90. The summed E-state index contributed by atoms with van der Waals surface area (Å²) in [7, 11) is 0. The molecule has 0 aromatic carbocycles. The van der Waals surface area contributed by atoms with Gasteiger partial charge in [-0.3, -0.25) is 4.79 Å². The predicted molar refractivity (Wildman–Crippen MR) is 92.9 cm³/mol. The van der Waals surface area contributed by atoms with Crippen LogP contribution in [-0.2, 0) is 9.53 Å². The minimum absolute atomic E-state index is 0.121. The SMILES string of the molecule is CC(C)CCCCCCCCCCCCC(=O)OCC(C)O. The van der Waals surface area contributed by atoms with E-state index in [9.17, 15) is 4.79 Å². The van der Waals surface area contributed by atoms with Gasteiger partial charge in [0.15, 0.2) is 0 Å². The molecule has 3 heteroatoms. The maximum atomic E-state index is 11.3. The standard InChI is InChI=1S/C19H38O3/c1-17(2)14-12-10-8-6-4-5-7-9-11-13-15-19(21)22-16-18(3)20/h17-18,20H,4-16H2,1-3H3. The highest BCUT2D eigenvalue weighted by atomic mass is 16.5. The molecule has 132 valence electrons. The summed E-state index contributed by atoms with van der Waals surface area (Å²) in [5.41, 5.74) is 0. The summed E-state index contributed by atoms with van der Waals surface area (Å²) in [4.78, 5) is 11.3. The van der Waals surface area contributed by atoms with Crippen LogP contribution in [0.4, 0.5) is 0 Å². The summed E-state index contributed by atoms with van der Waals surface area (Å²) < 4.78 is 4.92. The highest BCUT2D eigenvalue weighted by molar-refractivity contribution is 5.69. The number of ether oxygens (including phenoxy) is 1. The number of aliphatic hydroxyl groups is 1. The van der Waals surface area contributed by atoms with Gasteiger partial charge in [0.05, 0.1) is 6.10 Å². The maximum Gasteiger partial charge on any atom is 0.305 e. The highest BCUT2D eigenvalue weighted by Crippen LogP contribution is 2.13. The monoisotopic (exact) mass is 314 g/mol. The number of esters is 1. The van der Waals surface area contributed by atoms with Crippen LogP contribution in [-0.4, -0.2) is 23.8 Å². The Morgan fingerprint density at radius 2 is 1.27 bits per heavy atom. The number of aliphatic hydroxyl groups excluding tert-OH is 1. The fourth-order valence-electron chi connectivity index (χ4n) is 2.52. The molecular formula is C19H38O3. The van der Waals surface area contributed by atoms with E-state index in [1.54, 1.807) is 6.92 Å². The van der Waals surface area contributed by atoms with Gasteiger partial charge in [0, 0.05) is 6.42 Å². The molecule has 0 bridgehead atoms. The Balaban J connectivity index is 3.12. The number of unbranched alkanes of at least 4 members (excludes halogenated alkanes) is 9. The second-order valence-electron chi connectivity index (χ2n) is 7.00. The van der Waals surface area contributed by atoms with Crippen molar-refractivity contribution in [3.63, 3.8) is 0 Å². The van der Waals surface area contributed by atoms with E-state index < -0.39 is 6.10 Å². The topological polar surface area (TPSA) is 46.5 Å². The Hall–Kier alpha value is -0.570. The predicted octanol–water partition coefficient (Wildman–Crippen LogP) is 5.25. The maximum absolute atomic E-state index is 11.3. The van der Waals surface area contributed by atoms with Crippen LogP contribution in [0.5, 0.6) is 0 Å². The van der Waals surface area contributed by atoms with Crippen molar-refractivity contribution in [2.24, 2.45) is 5.92 Å². The molecule has 0 amide bonds. The Morgan fingerprint density at radius 1 is 0.818 bits per heavy atom. The van der Waals surface area contributed by atoms with Crippen molar-refractivity contribution in [1.29, 1.82) is 0 Å². The van der Waals surface area contributed by atoms with E-state index in [1.807, 2.05) is 0 Å². The number of carbonyl (C=O) groups is 1. The summed E-state index contributed by atoms with van der Waals surface area (Å²) in [5.74, 6) is 0.673. The molecule has 0 aromatic rings. The van der Waals surface area contributed by atoms with Crippen LogP contribution in [0.3, 0.4) is 0 Å². The van der Waals surface area contributed by atoms with Crippen molar-refractivity contribution in [2.45, 2.75) is 104 Å². The average Bonchev–Trinajstić information content (AvgIpc) is 2.45. The van der Waals surface area contributed by atoms with E-state index in [0.29, 0.717) is 6.42 Å². The molecule has 0 rings (SSSR count). The number of hydrogen-bond donors (Lipinski definition) is 1. The molecule has 3 nitrogen and oxygen atoms in total. The number of carbonyl (C=O) groups excluding carboxylic acids is 1. The Morgan fingerprint density at radius 3 is 1.73 bits per heavy atom. The van der Waals surface area contributed by atoms with Gasteiger partial charge in [-0.15, -0.1) is 0 Å². The summed E-state index contributed by atoms with van der Waals surface area (Å²) in [6, 6.07) is 0. The van der Waals surface area contributed by atoms with Gasteiger partial charge in [-0.1, -0.05) is 78.1 Å². The lowest BCUT2D eigenvalue weighted by Gasteiger charge is -2.06. The lowest BCUT2D eigenvalue weighted by molar-refractivity contribution is -0.146. The Kier molecular flexibility index (Phi) is 14.9. The molecule has 0 heterocycles. The smallest absolute Gasteiger partial charge is 0.305 e. The lowest BCUT2D eigenvalue weighted by Crippen LogP contribution is -2.14. The van der Waals surface area contributed by atoms with Crippen LogP contribution >= 0.6 is 0 Å². The molecule has 0 saturated carbocycles. The van der Waals surface area contributed by atoms with Crippen molar-refractivity contribution in [3.8, 4) is 0 Å². The van der Waals surface area contributed by atoms with Crippen molar-refractivity contribution in [1.82, 2.24) is 0 Å². The van der Waals surface area contributed by atoms with Crippen LogP contribution in [0.1, 0.15) is 97.8 Å². The minimum atomic E-state index is -0.561. The van der Waals surface area contributed by atoms with Gasteiger partial charge < -0.3 is 9.84 Å². The quantitative estimate of drug-likeness (QED) is 0.332. The van der Waals surface area contributed by atoms with Crippen molar-refractivity contribution < 1.29 is 14.6 Å². The second kappa shape index (κ2) is 15.3. The molecule has 0 aromatic heterocycles. The Bertz CT molecular complexity index is 249. The second-order valence-corrected chi connectivity index (χ2v) is 7.00. The van der Waals surface area contributed by atoms with E-state index in [4.69, 9.17) is 9.84 Å². The van der Waals surface area contributed by atoms with E-state index in [1.165, 1.54) is 57.8 Å². The van der Waals surface area contributed by atoms with Crippen LogP contribution in [0.25, 0.3) is 0 Å². The van der Waals surface area contributed by atoms with E-state index >= 15 is 0 Å². The summed E-state index contributed by atoms with van der Waals surface area (Å²) >= 11 is 0. The van der Waals surface area contributed by atoms with Gasteiger partial charge in [0.1, 0.15) is 6.61 Å². The summed E-state index contributed by atoms with van der Waals surface area (Å²) in [5, 5.41) is 9.01. The fraction of sp³-hybridized carbons (Fsp3) is 0.947.